The third-order valence-electron chi connectivity index (χ3n) is 1.92. The second-order valence-corrected chi connectivity index (χ2v) is 3.42. The minimum atomic E-state index is 0.871. The molecule has 2 aromatic rings. The maximum atomic E-state index is 5.25. The number of anilines is 1. The minimum absolute atomic E-state index is 0.871. The van der Waals surface area contributed by atoms with Crippen molar-refractivity contribution in [1.29, 1.82) is 0 Å². The van der Waals surface area contributed by atoms with Gasteiger partial charge in [0, 0.05) is 7.05 Å². The summed E-state index contributed by atoms with van der Waals surface area (Å²) in [6.45, 7) is 0. The molecule has 0 bridgehead atoms. The summed E-state index contributed by atoms with van der Waals surface area (Å²) >= 11 is 1.48. The summed E-state index contributed by atoms with van der Waals surface area (Å²) < 4.78 is 10.7. The van der Waals surface area contributed by atoms with Gasteiger partial charge in [-0.15, -0.1) is 0 Å². The predicted molar refractivity (Wildman–Crippen MR) is 55.7 cm³/mol. The topological polar surface area (TPSA) is 34.2 Å². The first-order valence-electron chi connectivity index (χ1n) is 3.97. The summed E-state index contributed by atoms with van der Waals surface area (Å²) in [6.07, 6.45) is 0. The maximum absolute atomic E-state index is 5.25. The first-order valence-corrected chi connectivity index (χ1v) is 4.74. The van der Waals surface area contributed by atoms with E-state index >= 15 is 0 Å². The molecule has 1 aromatic heterocycles. The highest BCUT2D eigenvalue weighted by atomic mass is 32.1. The Kier molecular flexibility index (Phi) is 2.06. The van der Waals surface area contributed by atoms with Gasteiger partial charge in [0.05, 0.1) is 17.2 Å². The molecule has 0 radical (unpaired) electrons. The second kappa shape index (κ2) is 3.22. The van der Waals surface area contributed by atoms with E-state index < -0.39 is 0 Å². The zero-order valence-electron chi connectivity index (χ0n) is 7.50. The van der Waals surface area contributed by atoms with Crippen molar-refractivity contribution in [1.82, 2.24) is 4.37 Å². The lowest BCUT2D eigenvalue weighted by molar-refractivity contribution is 0.420. The largest absolute Gasteiger partial charge is 0.496 e. The zero-order valence-corrected chi connectivity index (χ0v) is 8.31. The molecule has 2 rings (SSSR count). The highest BCUT2D eigenvalue weighted by molar-refractivity contribution is 7.13. The molecule has 1 aromatic carbocycles. The van der Waals surface area contributed by atoms with Gasteiger partial charge in [0.15, 0.2) is 5.82 Å². The summed E-state index contributed by atoms with van der Waals surface area (Å²) in [5.74, 6) is 1.76. The van der Waals surface area contributed by atoms with Crippen LogP contribution in [0.2, 0.25) is 0 Å². The van der Waals surface area contributed by atoms with Gasteiger partial charge in [0.2, 0.25) is 0 Å². The molecule has 0 aliphatic rings. The van der Waals surface area contributed by atoms with Crippen LogP contribution >= 0.6 is 11.5 Å². The van der Waals surface area contributed by atoms with Crippen molar-refractivity contribution in [3.63, 3.8) is 0 Å². The van der Waals surface area contributed by atoms with E-state index in [-0.39, 0.29) is 0 Å². The summed E-state index contributed by atoms with van der Waals surface area (Å²) in [6, 6.07) is 5.95. The summed E-state index contributed by atoms with van der Waals surface area (Å²) in [7, 11) is 3.53. The molecule has 0 fully saturated rings. The highest BCUT2D eigenvalue weighted by Crippen LogP contribution is 2.33. The number of nitrogens with zero attached hydrogens (tertiary/aromatic N) is 1. The van der Waals surface area contributed by atoms with E-state index in [0.717, 1.165) is 21.7 Å². The molecular weight excluding hydrogens is 184 g/mol. The van der Waals surface area contributed by atoms with Gasteiger partial charge in [-0.1, -0.05) is 6.07 Å². The number of fused-ring (bicyclic) bond motifs is 1. The number of hydrogen-bond donors (Lipinski definition) is 1. The van der Waals surface area contributed by atoms with Crippen molar-refractivity contribution in [2.75, 3.05) is 19.5 Å². The van der Waals surface area contributed by atoms with Crippen molar-refractivity contribution < 1.29 is 4.74 Å². The molecule has 0 aliphatic carbocycles. The fourth-order valence-electron chi connectivity index (χ4n) is 1.30. The van der Waals surface area contributed by atoms with Crippen LogP contribution in [0.3, 0.4) is 0 Å². The average molecular weight is 194 g/mol. The Morgan fingerprint density at radius 2 is 2.31 bits per heavy atom. The molecule has 3 nitrogen and oxygen atoms in total. The quantitative estimate of drug-likeness (QED) is 0.796. The molecule has 0 atom stereocenters. The van der Waals surface area contributed by atoms with Crippen LogP contribution in [0.5, 0.6) is 5.75 Å². The van der Waals surface area contributed by atoms with Gasteiger partial charge in [-0.2, -0.15) is 4.37 Å². The lowest BCUT2D eigenvalue weighted by Crippen LogP contribution is -1.89. The van der Waals surface area contributed by atoms with E-state index in [0.29, 0.717) is 0 Å². The number of ether oxygens (including phenoxy) is 1. The standard InChI is InChI=1S/C9H10N2OS/c1-10-9-8-6(12-2)4-3-5-7(8)13-11-9/h3-5H,1-2H3,(H,10,11). The van der Waals surface area contributed by atoms with E-state index in [9.17, 15) is 0 Å². The zero-order chi connectivity index (χ0) is 9.26. The van der Waals surface area contributed by atoms with E-state index in [1.54, 1.807) is 7.11 Å². The monoisotopic (exact) mass is 194 g/mol. The molecule has 1 N–H and O–H groups in total. The third kappa shape index (κ3) is 1.23. The van der Waals surface area contributed by atoms with Crippen LogP contribution < -0.4 is 10.1 Å². The van der Waals surface area contributed by atoms with Crippen LogP contribution in [0, 0.1) is 0 Å². The van der Waals surface area contributed by atoms with Gasteiger partial charge >= 0.3 is 0 Å². The van der Waals surface area contributed by atoms with Crippen LogP contribution in [-0.2, 0) is 0 Å². The first kappa shape index (κ1) is 8.31. The van der Waals surface area contributed by atoms with Crippen LogP contribution in [0.4, 0.5) is 5.82 Å². The van der Waals surface area contributed by atoms with Crippen molar-refractivity contribution in [2.24, 2.45) is 0 Å². The smallest absolute Gasteiger partial charge is 0.151 e. The molecule has 0 unspecified atom stereocenters. The lowest BCUT2D eigenvalue weighted by atomic mass is 10.2. The Morgan fingerprint density at radius 1 is 1.46 bits per heavy atom. The molecule has 68 valence electrons. The third-order valence-corrected chi connectivity index (χ3v) is 2.73. The Balaban J connectivity index is 2.76. The fourth-order valence-corrected chi connectivity index (χ4v) is 2.10. The fraction of sp³-hybridized carbons (Fsp3) is 0.222. The molecule has 0 spiro atoms. The lowest BCUT2D eigenvalue weighted by Gasteiger charge is -2.02. The van der Waals surface area contributed by atoms with Gasteiger partial charge < -0.3 is 10.1 Å². The van der Waals surface area contributed by atoms with Crippen LogP contribution in [-0.4, -0.2) is 18.5 Å². The molecule has 1 heterocycles. The van der Waals surface area contributed by atoms with Crippen LogP contribution in [0.15, 0.2) is 18.2 Å². The number of nitrogens with one attached hydrogen (secondary N) is 1. The first-order chi connectivity index (χ1) is 6.36. The predicted octanol–water partition coefficient (Wildman–Crippen LogP) is 2.35. The van der Waals surface area contributed by atoms with Crippen molar-refractivity contribution in [2.45, 2.75) is 0 Å². The summed E-state index contributed by atoms with van der Waals surface area (Å²) in [5.41, 5.74) is 0. The van der Waals surface area contributed by atoms with Crippen LogP contribution in [0.25, 0.3) is 10.1 Å². The minimum Gasteiger partial charge on any atom is -0.496 e. The summed E-state index contributed by atoms with van der Waals surface area (Å²) in [5, 5.41) is 4.11. The average Bonchev–Trinajstić information content (AvgIpc) is 2.60. The Labute approximate surface area is 80.5 Å². The Bertz CT molecular complexity index is 424. The second-order valence-electron chi connectivity index (χ2n) is 2.61. The Morgan fingerprint density at radius 3 is 3.00 bits per heavy atom. The van der Waals surface area contributed by atoms with Crippen molar-refractivity contribution >= 4 is 27.4 Å². The molecule has 0 saturated heterocycles. The molecule has 0 aliphatic heterocycles. The molecule has 0 saturated carbocycles. The van der Waals surface area contributed by atoms with Gasteiger partial charge in [-0.3, -0.25) is 0 Å². The van der Waals surface area contributed by atoms with E-state index in [2.05, 4.69) is 9.69 Å². The van der Waals surface area contributed by atoms with Crippen molar-refractivity contribution in [3.05, 3.63) is 18.2 Å². The van der Waals surface area contributed by atoms with Gasteiger partial charge in [0.1, 0.15) is 5.75 Å². The van der Waals surface area contributed by atoms with E-state index in [1.165, 1.54) is 11.5 Å². The molecule has 4 heteroatoms. The van der Waals surface area contributed by atoms with E-state index in [4.69, 9.17) is 4.74 Å². The van der Waals surface area contributed by atoms with Gasteiger partial charge in [-0.25, -0.2) is 0 Å². The molecule has 13 heavy (non-hydrogen) atoms. The maximum Gasteiger partial charge on any atom is 0.151 e. The van der Waals surface area contributed by atoms with Crippen LogP contribution in [0.1, 0.15) is 0 Å². The molecular formula is C9H10N2OS. The Hall–Kier alpha value is -1.29. The normalized spacial score (nSPS) is 10.3. The van der Waals surface area contributed by atoms with E-state index in [1.807, 2.05) is 25.2 Å². The molecule has 0 amide bonds. The highest BCUT2D eigenvalue weighted by Gasteiger charge is 2.08. The number of rotatable bonds is 2. The number of methoxy groups -OCH3 is 1. The number of benzene rings is 1. The van der Waals surface area contributed by atoms with Gasteiger partial charge in [0.25, 0.3) is 0 Å². The number of aromatic nitrogens is 1. The number of hydrogen-bond acceptors (Lipinski definition) is 4. The van der Waals surface area contributed by atoms with Crippen molar-refractivity contribution in [3.8, 4) is 5.75 Å². The van der Waals surface area contributed by atoms with Gasteiger partial charge in [-0.05, 0) is 23.7 Å². The summed E-state index contributed by atoms with van der Waals surface area (Å²) in [4.78, 5) is 0. The SMILES string of the molecule is CNc1nsc2cccc(OC)c12.